The van der Waals surface area contributed by atoms with Gasteiger partial charge in [-0.15, -0.1) is 11.3 Å². The molecule has 5 nitrogen and oxygen atoms in total. The fourth-order valence-corrected chi connectivity index (χ4v) is 3.63. The van der Waals surface area contributed by atoms with Crippen molar-refractivity contribution in [2.75, 3.05) is 0 Å². The van der Waals surface area contributed by atoms with Crippen molar-refractivity contribution < 1.29 is 18.3 Å². The van der Waals surface area contributed by atoms with Crippen molar-refractivity contribution >= 4 is 27.3 Å². The first-order chi connectivity index (χ1) is 8.99. The summed E-state index contributed by atoms with van der Waals surface area (Å²) in [5, 5.41) is 10.1. The number of benzene rings is 1. The summed E-state index contributed by atoms with van der Waals surface area (Å²) in [6.07, 6.45) is 0. The predicted octanol–water partition coefficient (Wildman–Crippen LogP) is 1.92. The second kappa shape index (κ2) is 5.52. The number of hydrogen-bond acceptors (Lipinski definition) is 4. The van der Waals surface area contributed by atoms with Crippen molar-refractivity contribution in [3.8, 4) is 0 Å². The molecule has 1 heterocycles. The summed E-state index contributed by atoms with van der Waals surface area (Å²) in [5.41, 5.74) is 0.811. The molecule has 0 saturated carbocycles. The number of carbonyl (C=O) groups is 1. The van der Waals surface area contributed by atoms with Crippen molar-refractivity contribution in [2.45, 2.75) is 10.8 Å². The fraction of sp³-hybridized carbons (Fsp3) is 0.0833. The third-order valence-corrected chi connectivity index (χ3v) is 5.24. The van der Waals surface area contributed by atoms with E-state index in [-0.39, 0.29) is 16.3 Å². The molecule has 2 N–H and O–H groups in total. The maximum absolute atomic E-state index is 11.9. The Bertz CT molecular complexity index is 677. The van der Waals surface area contributed by atoms with E-state index in [1.54, 1.807) is 12.1 Å². The summed E-state index contributed by atoms with van der Waals surface area (Å²) in [6, 6.07) is 10.2. The molecular formula is C12H11NO4S2. The number of carboxylic acids is 1. The van der Waals surface area contributed by atoms with Crippen LogP contribution in [0.15, 0.2) is 46.0 Å². The molecule has 19 heavy (non-hydrogen) atoms. The molecule has 1 aromatic heterocycles. The molecule has 0 aliphatic carbocycles. The highest BCUT2D eigenvalue weighted by Crippen LogP contribution is 2.20. The molecule has 2 aromatic rings. The molecule has 2 rings (SSSR count). The normalized spacial score (nSPS) is 11.4. The van der Waals surface area contributed by atoms with Crippen molar-refractivity contribution in [1.82, 2.24) is 4.72 Å². The van der Waals surface area contributed by atoms with Gasteiger partial charge in [0.2, 0.25) is 10.0 Å². The van der Waals surface area contributed by atoms with Gasteiger partial charge in [0.25, 0.3) is 0 Å². The Kier molecular flexibility index (Phi) is 3.98. The van der Waals surface area contributed by atoms with E-state index in [2.05, 4.69) is 4.72 Å². The zero-order valence-electron chi connectivity index (χ0n) is 9.74. The van der Waals surface area contributed by atoms with E-state index in [1.165, 1.54) is 5.38 Å². The van der Waals surface area contributed by atoms with Crippen molar-refractivity contribution in [3.63, 3.8) is 0 Å². The molecule has 0 amide bonds. The molecule has 0 saturated heterocycles. The average Bonchev–Trinajstić information content (AvgIpc) is 2.88. The quantitative estimate of drug-likeness (QED) is 0.883. The number of nitrogens with one attached hydrogen (secondary N) is 1. The van der Waals surface area contributed by atoms with Crippen LogP contribution in [0.25, 0.3) is 0 Å². The van der Waals surface area contributed by atoms with Gasteiger partial charge in [0.05, 0.1) is 5.56 Å². The molecule has 7 heteroatoms. The lowest BCUT2D eigenvalue weighted by atomic mass is 10.2. The lowest BCUT2D eigenvalue weighted by Crippen LogP contribution is -2.22. The average molecular weight is 297 g/mol. The minimum atomic E-state index is -3.67. The zero-order valence-corrected chi connectivity index (χ0v) is 11.4. The van der Waals surface area contributed by atoms with Gasteiger partial charge in [-0.1, -0.05) is 30.3 Å². The molecule has 0 spiro atoms. The van der Waals surface area contributed by atoms with E-state index < -0.39 is 16.0 Å². The van der Waals surface area contributed by atoms with Crippen LogP contribution in [0.3, 0.4) is 0 Å². The van der Waals surface area contributed by atoms with E-state index in [4.69, 9.17) is 5.11 Å². The van der Waals surface area contributed by atoms with Gasteiger partial charge < -0.3 is 5.11 Å². The zero-order chi connectivity index (χ0) is 13.9. The van der Waals surface area contributed by atoms with Crippen molar-refractivity contribution in [2.24, 2.45) is 0 Å². The maximum atomic E-state index is 11.9. The van der Waals surface area contributed by atoms with Crippen LogP contribution in [0.5, 0.6) is 0 Å². The predicted molar refractivity (Wildman–Crippen MR) is 71.7 cm³/mol. The van der Waals surface area contributed by atoms with Crippen LogP contribution in [0.1, 0.15) is 15.9 Å². The molecule has 0 unspecified atom stereocenters. The van der Waals surface area contributed by atoms with Crippen LogP contribution >= 0.6 is 11.3 Å². The third-order valence-electron chi connectivity index (χ3n) is 2.40. The standard InChI is InChI=1S/C12H11NO4S2/c14-12(15)10-6-11(18-8-10)19(16,17)13-7-9-4-2-1-3-5-9/h1-6,8,13H,7H2,(H,14,15). The van der Waals surface area contributed by atoms with Crippen LogP contribution in [-0.4, -0.2) is 19.5 Å². The minimum absolute atomic E-state index is 0.000770. The highest BCUT2D eigenvalue weighted by atomic mass is 32.2. The van der Waals surface area contributed by atoms with E-state index in [0.717, 1.165) is 23.0 Å². The summed E-state index contributed by atoms with van der Waals surface area (Å²) in [6.45, 7) is 0.170. The Morgan fingerprint density at radius 3 is 2.53 bits per heavy atom. The number of sulfonamides is 1. The Morgan fingerprint density at radius 2 is 1.95 bits per heavy atom. The van der Waals surface area contributed by atoms with Gasteiger partial charge in [-0.05, 0) is 11.6 Å². The Morgan fingerprint density at radius 1 is 1.26 bits per heavy atom. The van der Waals surface area contributed by atoms with E-state index in [0.29, 0.717) is 0 Å². The first kappa shape index (κ1) is 13.7. The first-order valence-corrected chi connectivity index (χ1v) is 7.71. The van der Waals surface area contributed by atoms with Crippen molar-refractivity contribution in [1.29, 1.82) is 0 Å². The van der Waals surface area contributed by atoms with E-state index >= 15 is 0 Å². The van der Waals surface area contributed by atoms with Gasteiger partial charge in [0, 0.05) is 11.9 Å². The van der Waals surface area contributed by atoms with Gasteiger partial charge in [-0.2, -0.15) is 0 Å². The summed E-state index contributed by atoms with van der Waals surface area (Å²) < 4.78 is 26.3. The summed E-state index contributed by atoms with van der Waals surface area (Å²) >= 11 is 0.889. The third kappa shape index (κ3) is 3.40. The Hall–Kier alpha value is -1.70. The summed E-state index contributed by atoms with van der Waals surface area (Å²) in [5.74, 6) is -1.14. The summed E-state index contributed by atoms with van der Waals surface area (Å²) in [7, 11) is -3.67. The van der Waals surface area contributed by atoms with Gasteiger partial charge >= 0.3 is 5.97 Å². The minimum Gasteiger partial charge on any atom is -0.478 e. The largest absolute Gasteiger partial charge is 0.478 e. The molecule has 0 bridgehead atoms. The van der Waals surface area contributed by atoms with Gasteiger partial charge in [-0.25, -0.2) is 17.9 Å². The number of aromatic carboxylic acids is 1. The molecule has 0 atom stereocenters. The molecule has 0 radical (unpaired) electrons. The molecule has 0 aliphatic heterocycles. The molecule has 0 aliphatic rings. The number of thiophene rings is 1. The van der Waals surface area contributed by atoms with Crippen molar-refractivity contribution in [3.05, 3.63) is 52.9 Å². The lowest BCUT2D eigenvalue weighted by Gasteiger charge is -2.04. The molecule has 1 aromatic carbocycles. The van der Waals surface area contributed by atoms with Gasteiger partial charge in [0.1, 0.15) is 4.21 Å². The molecule has 100 valence electrons. The maximum Gasteiger partial charge on any atom is 0.336 e. The van der Waals surface area contributed by atoms with Gasteiger partial charge in [-0.3, -0.25) is 0 Å². The second-order valence-corrected chi connectivity index (χ2v) is 6.67. The highest BCUT2D eigenvalue weighted by molar-refractivity contribution is 7.91. The van der Waals surface area contributed by atoms with Crippen LogP contribution in [0.4, 0.5) is 0 Å². The van der Waals surface area contributed by atoms with Crippen LogP contribution in [0, 0.1) is 0 Å². The smallest absolute Gasteiger partial charge is 0.336 e. The Balaban J connectivity index is 2.12. The fourth-order valence-electron chi connectivity index (χ4n) is 1.41. The van der Waals surface area contributed by atoms with E-state index in [1.807, 2.05) is 18.2 Å². The molecular weight excluding hydrogens is 286 g/mol. The summed E-state index contributed by atoms with van der Waals surface area (Å²) in [4.78, 5) is 10.7. The van der Waals surface area contributed by atoms with Crippen LogP contribution < -0.4 is 4.72 Å². The Labute approximate surface area is 114 Å². The topological polar surface area (TPSA) is 83.5 Å². The SMILES string of the molecule is O=C(O)c1csc(S(=O)(=O)NCc2ccccc2)c1. The van der Waals surface area contributed by atoms with Crippen LogP contribution in [-0.2, 0) is 16.6 Å². The monoisotopic (exact) mass is 297 g/mol. The number of rotatable bonds is 5. The van der Waals surface area contributed by atoms with Gasteiger partial charge in [0.15, 0.2) is 0 Å². The van der Waals surface area contributed by atoms with E-state index in [9.17, 15) is 13.2 Å². The molecule has 0 fully saturated rings. The highest BCUT2D eigenvalue weighted by Gasteiger charge is 2.18. The second-order valence-electron chi connectivity index (χ2n) is 3.77. The number of carboxylic acid groups (broad SMARTS) is 1. The lowest BCUT2D eigenvalue weighted by molar-refractivity contribution is 0.0697. The van der Waals surface area contributed by atoms with Crippen LogP contribution in [0.2, 0.25) is 0 Å². The number of hydrogen-bond donors (Lipinski definition) is 2. The first-order valence-electron chi connectivity index (χ1n) is 5.34.